The molecule has 23 heavy (non-hydrogen) atoms. The van der Waals surface area contributed by atoms with Gasteiger partial charge in [-0.1, -0.05) is 0 Å². The number of hydrogen-bond donors (Lipinski definition) is 1. The van der Waals surface area contributed by atoms with Crippen LogP contribution in [0.2, 0.25) is 0 Å². The standard InChI is InChI=1S/C16H27N3O4/c1-8-19(9-2)14(20)12-13(22-7)11(10-18(12)6)17-15(21)23-16(3,4)5/h10H,8-9H2,1-7H3,(H,17,21). The molecule has 1 heterocycles. The highest BCUT2D eigenvalue weighted by Gasteiger charge is 2.26. The van der Waals surface area contributed by atoms with Crippen LogP contribution in [-0.4, -0.2) is 47.3 Å². The summed E-state index contributed by atoms with van der Waals surface area (Å²) in [4.78, 5) is 26.2. The van der Waals surface area contributed by atoms with E-state index in [2.05, 4.69) is 5.32 Å². The van der Waals surface area contributed by atoms with Crippen molar-refractivity contribution in [2.45, 2.75) is 40.2 Å². The average molecular weight is 325 g/mol. The van der Waals surface area contributed by atoms with Crippen LogP contribution in [0.3, 0.4) is 0 Å². The first-order chi connectivity index (χ1) is 10.6. The van der Waals surface area contributed by atoms with E-state index in [9.17, 15) is 9.59 Å². The van der Waals surface area contributed by atoms with Crippen molar-refractivity contribution in [1.29, 1.82) is 0 Å². The van der Waals surface area contributed by atoms with Crippen LogP contribution in [-0.2, 0) is 11.8 Å². The van der Waals surface area contributed by atoms with E-state index in [-0.39, 0.29) is 5.91 Å². The van der Waals surface area contributed by atoms with Gasteiger partial charge in [0.1, 0.15) is 11.3 Å². The van der Waals surface area contributed by atoms with Crippen molar-refractivity contribution in [3.05, 3.63) is 11.9 Å². The fourth-order valence-electron chi connectivity index (χ4n) is 2.22. The molecular weight excluding hydrogens is 298 g/mol. The minimum atomic E-state index is -0.605. The van der Waals surface area contributed by atoms with E-state index in [4.69, 9.17) is 9.47 Å². The van der Waals surface area contributed by atoms with Gasteiger partial charge in [-0.15, -0.1) is 0 Å². The topological polar surface area (TPSA) is 72.8 Å². The SMILES string of the molecule is CCN(CC)C(=O)c1c(OC)c(NC(=O)OC(C)(C)C)cn1C. The zero-order chi connectivity index (χ0) is 17.8. The first-order valence-corrected chi connectivity index (χ1v) is 7.67. The minimum absolute atomic E-state index is 0.147. The van der Waals surface area contributed by atoms with Crippen LogP contribution >= 0.6 is 0 Å². The highest BCUT2D eigenvalue weighted by atomic mass is 16.6. The zero-order valence-electron chi connectivity index (χ0n) is 15.0. The molecule has 0 aliphatic carbocycles. The number of anilines is 1. The number of nitrogens with one attached hydrogen (secondary N) is 1. The van der Waals surface area contributed by atoms with Crippen molar-refractivity contribution < 1.29 is 19.1 Å². The molecular formula is C16H27N3O4. The number of ether oxygens (including phenoxy) is 2. The largest absolute Gasteiger partial charge is 0.492 e. The summed E-state index contributed by atoms with van der Waals surface area (Å²) in [5, 5.41) is 2.63. The van der Waals surface area contributed by atoms with Crippen LogP contribution in [0.15, 0.2) is 6.20 Å². The van der Waals surface area contributed by atoms with Crippen molar-refractivity contribution >= 4 is 17.7 Å². The third-order valence-electron chi connectivity index (χ3n) is 3.23. The summed E-state index contributed by atoms with van der Waals surface area (Å²) in [7, 11) is 3.20. The number of amides is 2. The molecule has 0 radical (unpaired) electrons. The summed E-state index contributed by atoms with van der Waals surface area (Å²) in [6, 6.07) is 0. The second-order valence-electron chi connectivity index (χ2n) is 6.14. The molecule has 1 N–H and O–H groups in total. The Morgan fingerprint density at radius 2 is 1.83 bits per heavy atom. The predicted molar refractivity (Wildman–Crippen MR) is 89.1 cm³/mol. The molecule has 0 aliphatic rings. The molecule has 7 nitrogen and oxygen atoms in total. The van der Waals surface area contributed by atoms with E-state index in [1.165, 1.54) is 7.11 Å². The minimum Gasteiger partial charge on any atom is -0.492 e. The van der Waals surface area contributed by atoms with E-state index < -0.39 is 11.7 Å². The van der Waals surface area contributed by atoms with Gasteiger partial charge in [0.15, 0.2) is 11.4 Å². The molecule has 0 aromatic carbocycles. The Labute approximate surface area is 137 Å². The zero-order valence-corrected chi connectivity index (χ0v) is 15.0. The van der Waals surface area contributed by atoms with Crippen LogP contribution in [0.1, 0.15) is 45.1 Å². The lowest BCUT2D eigenvalue weighted by Crippen LogP contribution is -2.32. The number of carbonyl (C=O) groups is 2. The lowest BCUT2D eigenvalue weighted by Gasteiger charge is -2.20. The van der Waals surface area contributed by atoms with Gasteiger partial charge >= 0.3 is 6.09 Å². The van der Waals surface area contributed by atoms with Crippen LogP contribution < -0.4 is 10.1 Å². The summed E-state index contributed by atoms with van der Waals surface area (Å²) in [5.41, 5.74) is 0.188. The second kappa shape index (κ2) is 7.39. The maximum Gasteiger partial charge on any atom is 0.412 e. The van der Waals surface area contributed by atoms with E-state index in [0.717, 1.165) is 0 Å². The molecule has 0 aliphatic heterocycles. The molecule has 1 aromatic rings. The van der Waals surface area contributed by atoms with Crippen molar-refractivity contribution in [2.75, 3.05) is 25.5 Å². The summed E-state index contributed by atoms with van der Waals surface area (Å²) in [5.74, 6) is 0.182. The maximum absolute atomic E-state index is 12.6. The van der Waals surface area contributed by atoms with E-state index in [1.807, 2.05) is 13.8 Å². The van der Waals surface area contributed by atoms with Crippen LogP contribution in [0.5, 0.6) is 5.75 Å². The molecule has 1 rings (SSSR count). The Kier molecular flexibility index (Phi) is 6.06. The third kappa shape index (κ3) is 4.64. The fraction of sp³-hybridized carbons (Fsp3) is 0.625. The van der Waals surface area contributed by atoms with Gasteiger partial charge in [-0.25, -0.2) is 4.79 Å². The fourth-order valence-corrected chi connectivity index (χ4v) is 2.22. The molecule has 0 unspecified atom stereocenters. The maximum atomic E-state index is 12.6. The molecule has 0 bridgehead atoms. The van der Waals surface area contributed by atoms with Gasteiger partial charge in [0, 0.05) is 26.3 Å². The Morgan fingerprint density at radius 1 is 1.26 bits per heavy atom. The molecule has 0 atom stereocenters. The van der Waals surface area contributed by atoms with Gasteiger partial charge in [0.25, 0.3) is 5.91 Å². The average Bonchev–Trinajstić information content (AvgIpc) is 2.73. The van der Waals surface area contributed by atoms with Crippen LogP contribution in [0.25, 0.3) is 0 Å². The number of aryl methyl sites for hydroxylation is 1. The quantitative estimate of drug-likeness (QED) is 0.903. The number of carbonyl (C=O) groups excluding carboxylic acids is 2. The Hall–Kier alpha value is -2.18. The number of nitrogens with zero attached hydrogens (tertiary/aromatic N) is 2. The third-order valence-corrected chi connectivity index (χ3v) is 3.23. The predicted octanol–water partition coefficient (Wildman–Crippen LogP) is 2.86. The molecule has 0 saturated carbocycles. The molecule has 0 saturated heterocycles. The van der Waals surface area contributed by atoms with Crippen LogP contribution in [0.4, 0.5) is 10.5 Å². The summed E-state index contributed by atoms with van der Waals surface area (Å²) in [6.45, 7) is 10.4. The Morgan fingerprint density at radius 3 is 2.26 bits per heavy atom. The molecule has 2 amide bonds. The van der Waals surface area contributed by atoms with Gasteiger partial charge in [0.2, 0.25) is 0 Å². The smallest absolute Gasteiger partial charge is 0.412 e. The van der Waals surface area contributed by atoms with E-state index in [1.54, 1.807) is 43.5 Å². The Bertz CT molecular complexity index is 569. The van der Waals surface area contributed by atoms with Gasteiger partial charge in [-0.3, -0.25) is 10.1 Å². The lowest BCUT2D eigenvalue weighted by atomic mass is 10.2. The van der Waals surface area contributed by atoms with E-state index in [0.29, 0.717) is 30.2 Å². The van der Waals surface area contributed by atoms with Gasteiger partial charge in [-0.05, 0) is 34.6 Å². The van der Waals surface area contributed by atoms with Gasteiger partial charge < -0.3 is 18.9 Å². The molecule has 1 aromatic heterocycles. The number of aromatic nitrogens is 1. The monoisotopic (exact) mass is 325 g/mol. The molecule has 7 heteroatoms. The Balaban J connectivity index is 3.11. The van der Waals surface area contributed by atoms with Gasteiger partial charge in [0.05, 0.1) is 7.11 Å². The highest BCUT2D eigenvalue weighted by molar-refractivity contribution is 5.99. The van der Waals surface area contributed by atoms with E-state index >= 15 is 0 Å². The van der Waals surface area contributed by atoms with Crippen molar-refractivity contribution in [3.8, 4) is 5.75 Å². The summed E-state index contributed by atoms with van der Waals surface area (Å²) in [6.07, 6.45) is 1.04. The molecule has 130 valence electrons. The summed E-state index contributed by atoms with van der Waals surface area (Å²) < 4.78 is 12.2. The highest BCUT2D eigenvalue weighted by Crippen LogP contribution is 2.32. The lowest BCUT2D eigenvalue weighted by molar-refractivity contribution is 0.0634. The summed E-state index contributed by atoms with van der Waals surface area (Å²) >= 11 is 0. The number of rotatable bonds is 5. The second-order valence-corrected chi connectivity index (χ2v) is 6.14. The normalized spacial score (nSPS) is 11.1. The number of hydrogen-bond acceptors (Lipinski definition) is 4. The molecule has 0 fully saturated rings. The van der Waals surface area contributed by atoms with Crippen molar-refractivity contribution in [3.63, 3.8) is 0 Å². The first-order valence-electron chi connectivity index (χ1n) is 7.67. The van der Waals surface area contributed by atoms with Crippen LogP contribution in [0, 0.1) is 0 Å². The van der Waals surface area contributed by atoms with Gasteiger partial charge in [-0.2, -0.15) is 0 Å². The number of methoxy groups -OCH3 is 1. The van der Waals surface area contributed by atoms with Crippen molar-refractivity contribution in [2.24, 2.45) is 7.05 Å². The van der Waals surface area contributed by atoms with Crippen molar-refractivity contribution in [1.82, 2.24) is 9.47 Å². The molecule has 0 spiro atoms. The first kappa shape index (κ1) is 18.9.